The molecule has 0 saturated heterocycles. The Morgan fingerprint density at radius 2 is 2.21 bits per heavy atom. The number of hydrogen-bond donors (Lipinski definition) is 2. The summed E-state index contributed by atoms with van der Waals surface area (Å²) in [7, 11) is 0. The van der Waals surface area contributed by atoms with Crippen molar-refractivity contribution >= 4 is 21.6 Å². The van der Waals surface area contributed by atoms with Crippen LogP contribution in [0.5, 0.6) is 0 Å². The minimum Gasteiger partial charge on any atom is -0.384 e. The Bertz CT molecular complexity index is 510. The maximum Gasteiger partial charge on any atom is 0.0948 e. The molecule has 0 fully saturated rings. The summed E-state index contributed by atoms with van der Waals surface area (Å²) in [5.74, 6) is 0. The summed E-state index contributed by atoms with van der Waals surface area (Å²) in [6.45, 7) is 5.76. The van der Waals surface area contributed by atoms with Gasteiger partial charge in [0.15, 0.2) is 0 Å². The normalized spacial score (nSPS) is 10.6. The molecule has 1 heterocycles. The van der Waals surface area contributed by atoms with Gasteiger partial charge in [0.1, 0.15) is 0 Å². The second-order valence-electron chi connectivity index (χ2n) is 4.28. The highest BCUT2D eigenvalue weighted by Gasteiger charge is 1.99. The second-order valence-corrected chi connectivity index (χ2v) is 5.20. The van der Waals surface area contributed by atoms with Crippen molar-refractivity contribution in [2.75, 3.05) is 18.4 Å². The summed E-state index contributed by atoms with van der Waals surface area (Å²) in [5, 5.41) is 6.79. The highest BCUT2D eigenvalue weighted by molar-refractivity contribution is 9.10. The van der Waals surface area contributed by atoms with Crippen LogP contribution >= 0.6 is 15.9 Å². The van der Waals surface area contributed by atoms with Crippen LogP contribution in [0.25, 0.3) is 0 Å². The number of aryl methyl sites for hydroxylation is 1. The van der Waals surface area contributed by atoms with Crippen molar-refractivity contribution in [3.8, 4) is 0 Å². The number of nitrogens with zero attached hydrogens (tertiary/aromatic N) is 2. The van der Waals surface area contributed by atoms with Gasteiger partial charge in [0, 0.05) is 42.5 Å². The summed E-state index contributed by atoms with van der Waals surface area (Å²) < 4.78 is 3.24. The molecule has 102 valence electrons. The maximum atomic E-state index is 4.15. The number of imidazole rings is 1. The van der Waals surface area contributed by atoms with E-state index in [2.05, 4.69) is 55.2 Å². The Balaban J connectivity index is 1.67. The van der Waals surface area contributed by atoms with Crippen LogP contribution in [-0.2, 0) is 13.1 Å². The first kappa shape index (κ1) is 14.1. The number of hydrogen-bond acceptors (Lipinski definition) is 3. The number of aromatic nitrogens is 2. The lowest BCUT2D eigenvalue weighted by atomic mass is 10.3. The molecule has 0 aliphatic rings. The van der Waals surface area contributed by atoms with Crippen LogP contribution in [0.1, 0.15) is 12.6 Å². The number of benzene rings is 1. The SMILES string of the molecule is CCn1cncc1CNCCNc1cccc(Br)c1. The van der Waals surface area contributed by atoms with Crippen LogP contribution < -0.4 is 10.6 Å². The highest BCUT2D eigenvalue weighted by atomic mass is 79.9. The molecule has 0 radical (unpaired) electrons. The molecule has 1 aromatic heterocycles. The van der Waals surface area contributed by atoms with E-state index in [0.29, 0.717) is 0 Å². The fourth-order valence-corrected chi connectivity index (χ4v) is 2.29. The average Bonchev–Trinajstić information content (AvgIpc) is 2.86. The van der Waals surface area contributed by atoms with Crippen LogP contribution in [0.2, 0.25) is 0 Å². The van der Waals surface area contributed by atoms with Crippen LogP contribution in [0.3, 0.4) is 0 Å². The standard InChI is InChI=1S/C14H19BrN4/c1-2-19-11-17-10-14(19)9-16-6-7-18-13-5-3-4-12(15)8-13/h3-5,8,10-11,16,18H,2,6-7,9H2,1H3. The lowest BCUT2D eigenvalue weighted by Crippen LogP contribution is -2.23. The molecule has 0 bridgehead atoms. The van der Waals surface area contributed by atoms with Gasteiger partial charge >= 0.3 is 0 Å². The largest absolute Gasteiger partial charge is 0.384 e. The van der Waals surface area contributed by atoms with Gasteiger partial charge in [-0.1, -0.05) is 22.0 Å². The molecule has 0 aliphatic heterocycles. The molecule has 2 N–H and O–H groups in total. The lowest BCUT2D eigenvalue weighted by Gasteiger charge is -2.09. The Kier molecular flexibility index (Phi) is 5.42. The van der Waals surface area contributed by atoms with E-state index in [4.69, 9.17) is 0 Å². The zero-order valence-corrected chi connectivity index (χ0v) is 12.7. The predicted molar refractivity (Wildman–Crippen MR) is 82.2 cm³/mol. The summed E-state index contributed by atoms with van der Waals surface area (Å²) >= 11 is 3.46. The molecule has 0 spiro atoms. The molecule has 2 aromatic rings. The van der Waals surface area contributed by atoms with Gasteiger partial charge in [0.05, 0.1) is 12.0 Å². The van der Waals surface area contributed by atoms with Crippen molar-refractivity contribution < 1.29 is 0 Å². The minimum atomic E-state index is 0.855. The molecule has 4 nitrogen and oxygen atoms in total. The Hall–Kier alpha value is -1.33. The molecule has 2 rings (SSSR count). The number of halogens is 1. The Morgan fingerprint density at radius 3 is 3.00 bits per heavy atom. The van der Waals surface area contributed by atoms with E-state index in [0.717, 1.165) is 36.3 Å². The van der Waals surface area contributed by atoms with Crippen molar-refractivity contribution in [3.63, 3.8) is 0 Å². The number of anilines is 1. The van der Waals surface area contributed by atoms with Crippen LogP contribution in [0.4, 0.5) is 5.69 Å². The van der Waals surface area contributed by atoms with E-state index in [1.807, 2.05) is 24.7 Å². The number of rotatable bonds is 7. The summed E-state index contributed by atoms with van der Waals surface area (Å²) in [6, 6.07) is 8.19. The quantitative estimate of drug-likeness (QED) is 0.770. The predicted octanol–water partition coefficient (Wildman–Crippen LogP) is 2.87. The summed E-state index contributed by atoms with van der Waals surface area (Å²) in [5.41, 5.74) is 2.36. The van der Waals surface area contributed by atoms with Gasteiger partial charge in [-0.3, -0.25) is 0 Å². The third-order valence-corrected chi connectivity index (χ3v) is 3.39. The van der Waals surface area contributed by atoms with Crippen molar-refractivity contribution in [1.82, 2.24) is 14.9 Å². The van der Waals surface area contributed by atoms with Crippen molar-refractivity contribution in [1.29, 1.82) is 0 Å². The zero-order valence-electron chi connectivity index (χ0n) is 11.1. The molecule has 1 aromatic carbocycles. The molecule has 0 amide bonds. The van der Waals surface area contributed by atoms with Crippen LogP contribution in [0, 0.1) is 0 Å². The first-order valence-corrected chi connectivity index (χ1v) is 7.28. The van der Waals surface area contributed by atoms with Crippen molar-refractivity contribution in [2.45, 2.75) is 20.0 Å². The van der Waals surface area contributed by atoms with E-state index in [-0.39, 0.29) is 0 Å². The van der Waals surface area contributed by atoms with Crippen molar-refractivity contribution in [3.05, 3.63) is 47.0 Å². The molecular formula is C14H19BrN4. The Labute approximate surface area is 122 Å². The van der Waals surface area contributed by atoms with E-state index in [1.165, 1.54) is 5.69 Å². The van der Waals surface area contributed by atoms with Gasteiger partial charge in [-0.05, 0) is 25.1 Å². The molecule has 0 saturated carbocycles. The molecule has 0 atom stereocenters. The topological polar surface area (TPSA) is 41.9 Å². The van der Waals surface area contributed by atoms with Gasteiger partial charge in [-0.15, -0.1) is 0 Å². The van der Waals surface area contributed by atoms with E-state index in [1.54, 1.807) is 0 Å². The fourth-order valence-electron chi connectivity index (χ4n) is 1.89. The zero-order chi connectivity index (χ0) is 13.5. The lowest BCUT2D eigenvalue weighted by molar-refractivity contribution is 0.637. The van der Waals surface area contributed by atoms with Gasteiger partial charge in [0.2, 0.25) is 0 Å². The van der Waals surface area contributed by atoms with Crippen molar-refractivity contribution in [2.24, 2.45) is 0 Å². The van der Waals surface area contributed by atoms with Crippen LogP contribution in [0.15, 0.2) is 41.3 Å². The minimum absolute atomic E-state index is 0.855. The fraction of sp³-hybridized carbons (Fsp3) is 0.357. The highest BCUT2D eigenvalue weighted by Crippen LogP contribution is 2.14. The average molecular weight is 323 g/mol. The van der Waals surface area contributed by atoms with E-state index >= 15 is 0 Å². The van der Waals surface area contributed by atoms with E-state index < -0.39 is 0 Å². The smallest absolute Gasteiger partial charge is 0.0948 e. The molecule has 5 heteroatoms. The van der Waals surface area contributed by atoms with Crippen LogP contribution in [-0.4, -0.2) is 22.6 Å². The first-order chi connectivity index (χ1) is 9.29. The first-order valence-electron chi connectivity index (χ1n) is 6.48. The third-order valence-electron chi connectivity index (χ3n) is 2.90. The summed E-state index contributed by atoms with van der Waals surface area (Å²) in [4.78, 5) is 4.15. The molecule has 0 unspecified atom stereocenters. The van der Waals surface area contributed by atoms with Gasteiger partial charge in [-0.2, -0.15) is 0 Å². The number of nitrogens with one attached hydrogen (secondary N) is 2. The second kappa shape index (κ2) is 7.31. The third kappa shape index (κ3) is 4.36. The van der Waals surface area contributed by atoms with Gasteiger partial charge in [-0.25, -0.2) is 4.98 Å². The van der Waals surface area contributed by atoms with Gasteiger partial charge in [0.25, 0.3) is 0 Å². The molecule has 19 heavy (non-hydrogen) atoms. The monoisotopic (exact) mass is 322 g/mol. The maximum absolute atomic E-state index is 4.15. The van der Waals surface area contributed by atoms with E-state index in [9.17, 15) is 0 Å². The molecule has 0 aliphatic carbocycles. The Morgan fingerprint density at radius 1 is 1.32 bits per heavy atom. The molecular weight excluding hydrogens is 304 g/mol. The van der Waals surface area contributed by atoms with Gasteiger partial charge < -0.3 is 15.2 Å². The summed E-state index contributed by atoms with van der Waals surface area (Å²) in [6.07, 6.45) is 3.79.